The Hall–Kier alpha value is -1.52. The molecule has 2 heterocycles. The number of fused-ring (bicyclic) bond motifs is 1. The van der Waals surface area contributed by atoms with E-state index in [0.29, 0.717) is 10.9 Å². The van der Waals surface area contributed by atoms with Crippen LogP contribution in [0.4, 0.5) is 13.2 Å². The molecule has 0 aliphatic heterocycles. The third kappa shape index (κ3) is 1.25. The van der Waals surface area contributed by atoms with E-state index < -0.39 is 11.9 Å². The van der Waals surface area contributed by atoms with E-state index >= 15 is 0 Å². The summed E-state index contributed by atoms with van der Waals surface area (Å²) in [6.07, 6.45) is -1.42. The van der Waals surface area contributed by atoms with Gasteiger partial charge in [-0.15, -0.1) is 0 Å². The Bertz CT molecular complexity index is 470. The number of pyridine rings is 1. The number of aromatic nitrogens is 2. The van der Waals surface area contributed by atoms with Crippen LogP contribution in [0, 0.1) is 0 Å². The minimum atomic E-state index is -4.31. The van der Waals surface area contributed by atoms with Gasteiger partial charge in [-0.25, -0.2) is 0 Å². The van der Waals surface area contributed by atoms with Crippen LogP contribution >= 0.6 is 0 Å². The van der Waals surface area contributed by atoms with Gasteiger partial charge in [0, 0.05) is 18.6 Å². The molecule has 0 atom stereocenters. The first kappa shape index (κ1) is 9.05. The molecule has 0 bridgehead atoms. The van der Waals surface area contributed by atoms with Gasteiger partial charge in [-0.2, -0.15) is 13.2 Å². The molecule has 0 unspecified atom stereocenters. The summed E-state index contributed by atoms with van der Waals surface area (Å²) in [5.41, 5.74) is -0.166. The predicted octanol–water partition coefficient (Wildman–Crippen LogP) is 2.59. The Balaban J connectivity index is 2.75. The smallest absolute Gasteiger partial charge is 0.339 e. The summed E-state index contributed by atoms with van der Waals surface area (Å²) in [7, 11) is 1.38. The van der Waals surface area contributed by atoms with Crippen LogP contribution in [0.25, 0.3) is 10.9 Å². The molecular formula is C9H7F3N2. The molecule has 2 rings (SSSR count). The molecule has 0 aliphatic rings. The molecule has 0 saturated carbocycles. The van der Waals surface area contributed by atoms with Crippen molar-refractivity contribution in [2.24, 2.45) is 7.05 Å². The lowest BCUT2D eigenvalue weighted by Gasteiger charge is -2.07. The second-order valence-electron chi connectivity index (χ2n) is 3.02. The number of hydrogen-bond donors (Lipinski definition) is 0. The number of rotatable bonds is 0. The second kappa shape index (κ2) is 2.73. The Morgan fingerprint density at radius 3 is 2.64 bits per heavy atom. The Morgan fingerprint density at radius 1 is 1.36 bits per heavy atom. The van der Waals surface area contributed by atoms with Crippen molar-refractivity contribution in [1.82, 2.24) is 9.55 Å². The van der Waals surface area contributed by atoms with Crippen molar-refractivity contribution in [3.8, 4) is 0 Å². The monoisotopic (exact) mass is 200 g/mol. The van der Waals surface area contributed by atoms with Gasteiger partial charge < -0.3 is 4.57 Å². The Kier molecular flexibility index (Phi) is 1.77. The molecule has 0 saturated heterocycles. The average Bonchev–Trinajstić information content (AvgIpc) is 2.44. The number of hydrogen-bond acceptors (Lipinski definition) is 1. The van der Waals surface area contributed by atoms with E-state index in [4.69, 9.17) is 0 Å². The van der Waals surface area contributed by atoms with E-state index in [1.54, 1.807) is 6.07 Å². The summed E-state index contributed by atoms with van der Waals surface area (Å²) in [6, 6.07) is 2.68. The molecule has 2 aromatic rings. The molecule has 0 amide bonds. The third-order valence-electron chi connectivity index (χ3n) is 2.14. The van der Waals surface area contributed by atoms with Crippen molar-refractivity contribution in [1.29, 1.82) is 0 Å². The molecule has 0 fully saturated rings. The van der Waals surface area contributed by atoms with Crippen LogP contribution in [0.15, 0.2) is 24.5 Å². The van der Waals surface area contributed by atoms with Crippen molar-refractivity contribution >= 4 is 10.9 Å². The number of aryl methyl sites for hydroxylation is 1. The molecule has 0 aliphatic carbocycles. The van der Waals surface area contributed by atoms with Crippen LogP contribution in [0.5, 0.6) is 0 Å². The summed E-state index contributed by atoms with van der Waals surface area (Å²) in [5, 5.41) is 0.551. The maximum Gasteiger partial charge on any atom is 0.431 e. The van der Waals surface area contributed by atoms with E-state index in [-0.39, 0.29) is 0 Å². The quantitative estimate of drug-likeness (QED) is 0.639. The highest BCUT2D eigenvalue weighted by atomic mass is 19.4. The van der Waals surface area contributed by atoms with Crippen molar-refractivity contribution < 1.29 is 13.2 Å². The van der Waals surface area contributed by atoms with Crippen molar-refractivity contribution in [2.45, 2.75) is 6.18 Å². The second-order valence-corrected chi connectivity index (χ2v) is 3.02. The van der Waals surface area contributed by atoms with Crippen molar-refractivity contribution in [3.05, 3.63) is 30.2 Å². The molecule has 2 aromatic heterocycles. The zero-order valence-corrected chi connectivity index (χ0v) is 7.34. The molecular weight excluding hydrogens is 193 g/mol. The fourth-order valence-corrected chi connectivity index (χ4v) is 1.45. The van der Waals surface area contributed by atoms with Crippen LogP contribution in [-0.2, 0) is 13.2 Å². The van der Waals surface area contributed by atoms with Gasteiger partial charge in [0.25, 0.3) is 0 Å². The van der Waals surface area contributed by atoms with Gasteiger partial charge in [0.15, 0.2) is 0 Å². The normalized spacial score (nSPS) is 12.3. The molecule has 5 heteroatoms. The van der Waals surface area contributed by atoms with E-state index in [9.17, 15) is 13.2 Å². The molecule has 74 valence electrons. The molecule has 14 heavy (non-hydrogen) atoms. The first-order chi connectivity index (χ1) is 6.50. The molecule has 0 radical (unpaired) electrons. The SMILES string of the molecule is Cn1c(C(F)(F)F)cc2ccncc21. The zero-order chi connectivity index (χ0) is 10.3. The summed E-state index contributed by atoms with van der Waals surface area (Å²) >= 11 is 0. The van der Waals surface area contributed by atoms with E-state index in [1.807, 2.05) is 0 Å². The lowest BCUT2D eigenvalue weighted by Crippen LogP contribution is -2.10. The fourth-order valence-electron chi connectivity index (χ4n) is 1.45. The van der Waals surface area contributed by atoms with E-state index in [2.05, 4.69) is 4.98 Å². The average molecular weight is 200 g/mol. The highest BCUT2D eigenvalue weighted by Crippen LogP contribution is 2.32. The Labute approximate surface area is 78.0 Å². The fraction of sp³-hybridized carbons (Fsp3) is 0.222. The standard InChI is InChI=1S/C9H7F3N2/c1-14-7-5-13-3-2-6(7)4-8(14)9(10,11)12/h2-5H,1H3. The van der Waals surface area contributed by atoms with Gasteiger partial charge in [0.2, 0.25) is 0 Å². The Morgan fingerprint density at radius 2 is 2.07 bits per heavy atom. The maximum absolute atomic E-state index is 12.4. The first-order valence-electron chi connectivity index (χ1n) is 3.97. The molecule has 2 nitrogen and oxygen atoms in total. The number of nitrogens with zero attached hydrogens (tertiary/aromatic N) is 2. The van der Waals surface area contributed by atoms with Crippen LogP contribution in [0.1, 0.15) is 5.69 Å². The van der Waals surface area contributed by atoms with E-state index in [0.717, 1.165) is 10.6 Å². The van der Waals surface area contributed by atoms with Crippen molar-refractivity contribution in [2.75, 3.05) is 0 Å². The number of alkyl halides is 3. The van der Waals surface area contributed by atoms with Gasteiger partial charge in [-0.05, 0) is 12.1 Å². The largest absolute Gasteiger partial charge is 0.431 e. The highest BCUT2D eigenvalue weighted by molar-refractivity contribution is 5.80. The van der Waals surface area contributed by atoms with Gasteiger partial charge in [0.05, 0.1) is 11.7 Å². The minimum absolute atomic E-state index is 0.486. The van der Waals surface area contributed by atoms with Gasteiger partial charge in [0.1, 0.15) is 5.69 Å². The van der Waals surface area contributed by atoms with Crippen LogP contribution < -0.4 is 0 Å². The van der Waals surface area contributed by atoms with Gasteiger partial charge in [-0.1, -0.05) is 0 Å². The maximum atomic E-state index is 12.4. The predicted molar refractivity (Wildman–Crippen MR) is 45.7 cm³/mol. The lowest BCUT2D eigenvalue weighted by molar-refractivity contribution is -0.142. The lowest BCUT2D eigenvalue weighted by atomic mass is 10.3. The third-order valence-corrected chi connectivity index (χ3v) is 2.14. The molecule has 0 aromatic carbocycles. The van der Waals surface area contributed by atoms with Gasteiger partial charge in [-0.3, -0.25) is 4.98 Å². The van der Waals surface area contributed by atoms with Gasteiger partial charge >= 0.3 is 6.18 Å². The zero-order valence-electron chi connectivity index (χ0n) is 7.34. The van der Waals surface area contributed by atoms with Crippen LogP contribution in [0.2, 0.25) is 0 Å². The first-order valence-corrected chi connectivity index (χ1v) is 3.97. The van der Waals surface area contributed by atoms with Crippen molar-refractivity contribution in [3.63, 3.8) is 0 Å². The summed E-state index contributed by atoms with van der Waals surface area (Å²) < 4.78 is 38.4. The van der Waals surface area contributed by atoms with Crippen LogP contribution in [0.3, 0.4) is 0 Å². The highest BCUT2D eigenvalue weighted by Gasteiger charge is 2.34. The van der Waals surface area contributed by atoms with Crippen LogP contribution in [-0.4, -0.2) is 9.55 Å². The topological polar surface area (TPSA) is 17.8 Å². The molecule has 0 spiro atoms. The summed E-state index contributed by atoms with van der Waals surface area (Å²) in [5.74, 6) is 0. The summed E-state index contributed by atoms with van der Waals surface area (Å²) in [6.45, 7) is 0. The summed E-state index contributed by atoms with van der Waals surface area (Å²) in [4.78, 5) is 3.78. The molecule has 0 N–H and O–H groups in total. The number of halogens is 3. The van der Waals surface area contributed by atoms with E-state index in [1.165, 1.54) is 19.4 Å². The minimum Gasteiger partial charge on any atom is -0.339 e.